The van der Waals surface area contributed by atoms with Gasteiger partial charge in [-0.25, -0.2) is 5.01 Å². The smallest absolute Gasteiger partial charge is 0.306 e. The van der Waals surface area contributed by atoms with E-state index in [-0.39, 0.29) is 30.4 Å². The van der Waals surface area contributed by atoms with E-state index < -0.39 is 0 Å². The summed E-state index contributed by atoms with van der Waals surface area (Å²) in [5, 5.41) is 5.93. The molecule has 1 aromatic heterocycles. The zero-order chi connectivity index (χ0) is 20.2. The first kappa shape index (κ1) is 19.2. The topological polar surface area (TPSA) is 72.1 Å². The van der Waals surface area contributed by atoms with Crippen LogP contribution in [-0.4, -0.2) is 29.2 Å². The van der Waals surface area contributed by atoms with Gasteiger partial charge in [-0.3, -0.25) is 9.59 Å². The third kappa shape index (κ3) is 4.47. The number of amides is 1. The number of aryl methyl sites for hydroxylation is 1. The Morgan fingerprint density at radius 2 is 2.07 bits per heavy atom. The number of esters is 1. The van der Waals surface area contributed by atoms with Crippen molar-refractivity contribution >= 4 is 17.6 Å². The Labute approximate surface area is 169 Å². The molecule has 6 heteroatoms. The zero-order valence-corrected chi connectivity index (χ0v) is 16.4. The predicted octanol–water partition coefficient (Wildman–Crippen LogP) is 4.17. The number of rotatable bonds is 6. The van der Waals surface area contributed by atoms with Gasteiger partial charge < -0.3 is 9.15 Å². The SMILES string of the molecule is Cc1ccc(C2=NN(C(=O)COC(=O)C[C@@H]3C=CCC3)[C@@H](c3ccco3)C2)cc1. The summed E-state index contributed by atoms with van der Waals surface area (Å²) in [6.07, 6.45) is 8.49. The highest BCUT2D eigenvalue weighted by Gasteiger charge is 2.35. The van der Waals surface area contributed by atoms with E-state index in [1.54, 1.807) is 12.3 Å². The van der Waals surface area contributed by atoms with Gasteiger partial charge in [0.1, 0.15) is 11.8 Å². The van der Waals surface area contributed by atoms with Gasteiger partial charge in [-0.15, -0.1) is 0 Å². The highest BCUT2D eigenvalue weighted by Crippen LogP contribution is 2.33. The molecule has 0 N–H and O–H groups in total. The number of nitrogens with zero attached hydrogens (tertiary/aromatic N) is 2. The molecule has 2 aromatic rings. The summed E-state index contributed by atoms with van der Waals surface area (Å²) >= 11 is 0. The second-order valence-electron chi connectivity index (χ2n) is 7.52. The number of allylic oxidation sites excluding steroid dienone is 2. The molecule has 6 nitrogen and oxygen atoms in total. The first-order valence-electron chi connectivity index (χ1n) is 9.92. The third-order valence-electron chi connectivity index (χ3n) is 5.32. The highest BCUT2D eigenvalue weighted by molar-refractivity contribution is 6.03. The predicted molar refractivity (Wildman–Crippen MR) is 108 cm³/mol. The van der Waals surface area contributed by atoms with Gasteiger partial charge in [-0.05, 0) is 43.4 Å². The molecule has 1 aliphatic carbocycles. The molecule has 1 aromatic carbocycles. The second-order valence-corrected chi connectivity index (χ2v) is 7.52. The summed E-state index contributed by atoms with van der Waals surface area (Å²) in [4.78, 5) is 24.9. The van der Waals surface area contributed by atoms with Crippen LogP contribution in [0.2, 0.25) is 0 Å². The minimum atomic E-state index is -0.358. The van der Waals surface area contributed by atoms with Gasteiger partial charge in [0.25, 0.3) is 5.91 Å². The van der Waals surface area contributed by atoms with E-state index in [4.69, 9.17) is 9.15 Å². The lowest BCUT2D eigenvalue weighted by atomic mass is 10.0. The van der Waals surface area contributed by atoms with E-state index in [9.17, 15) is 9.59 Å². The van der Waals surface area contributed by atoms with Gasteiger partial charge in [0.05, 0.1) is 18.4 Å². The van der Waals surface area contributed by atoms with Crippen molar-refractivity contribution in [3.05, 3.63) is 71.7 Å². The molecule has 0 saturated heterocycles. The highest BCUT2D eigenvalue weighted by atomic mass is 16.5. The summed E-state index contributed by atoms with van der Waals surface area (Å²) in [6, 6.07) is 11.3. The molecule has 0 spiro atoms. The van der Waals surface area contributed by atoms with Crippen LogP contribution in [0.5, 0.6) is 0 Å². The first-order valence-corrected chi connectivity index (χ1v) is 9.92. The quantitative estimate of drug-likeness (QED) is 0.546. The summed E-state index contributed by atoms with van der Waals surface area (Å²) in [5.41, 5.74) is 2.93. The minimum Gasteiger partial charge on any atom is -0.467 e. The molecule has 2 heterocycles. The lowest BCUT2D eigenvalue weighted by molar-refractivity contribution is -0.153. The number of hydrogen-bond donors (Lipinski definition) is 0. The molecule has 150 valence electrons. The van der Waals surface area contributed by atoms with Crippen molar-refractivity contribution in [2.24, 2.45) is 11.0 Å². The molecular formula is C23H24N2O4. The van der Waals surface area contributed by atoms with Gasteiger partial charge in [0, 0.05) is 6.42 Å². The van der Waals surface area contributed by atoms with E-state index in [1.165, 1.54) is 5.01 Å². The minimum absolute atomic E-state index is 0.214. The maximum absolute atomic E-state index is 12.8. The summed E-state index contributed by atoms with van der Waals surface area (Å²) in [5.74, 6) is 0.160. The fraction of sp³-hybridized carbons (Fsp3) is 0.348. The second kappa shape index (κ2) is 8.47. The van der Waals surface area contributed by atoms with Crippen LogP contribution in [0.25, 0.3) is 0 Å². The number of hydrazone groups is 1. The maximum Gasteiger partial charge on any atom is 0.306 e. The van der Waals surface area contributed by atoms with Crippen molar-refractivity contribution in [2.75, 3.05) is 6.61 Å². The summed E-state index contributed by atoms with van der Waals surface area (Å²) in [7, 11) is 0. The Bertz CT molecular complexity index is 928. The van der Waals surface area contributed by atoms with Gasteiger partial charge in [0.15, 0.2) is 6.61 Å². The molecule has 0 fully saturated rings. The normalized spacial score (nSPS) is 20.7. The largest absolute Gasteiger partial charge is 0.467 e. The van der Waals surface area contributed by atoms with Crippen LogP contribution in [0.15, 0.2) is 64.3 Å². The average Bonchev–Trinajstić information content (AvgIpc) is 3.47. The van der Waals surface area contributed by atoms with Crippen LogP contribution in [0.4, 0.5) is 0 Å². The molecular weight excluding hydrogens is 368 g/mol. The molecule has 0 radical (unpaired) electrons. The van der Waals surface area contributed by atoms with Crippen molar-refractivity contribution < 1.29 is 18.7 Å². The molecule has 0 bridgehead atoms. The van der Waals surface area contributed by atoms with Gasteiger partial charge >= 0.3 is 5.97 Å². The number of ether oxygens (including phenoxy) is 1. The van der Waals surface area contributed by atoms with E-state index in [0.717, 1.165) is 29.7 Å². The molecule has 0 unspecified atom stereocenters. The molecule has 29 heavy (non-hydrogen) atoms. The number of carbonyl (C=O) groups excluding carboxylic acids is 2. The number of benzene rings is 1. The van der Waals surface area contributed by atoms with Gasteiger partial charge in [-0.1, -0.05) is 42.0 Å². The van der Waals surface area contributed by atoms with Crippen LogP contribution in [0.3, 0.4) is 0 Å². The Morgan fingerprint density at radius 1 is 1.24 bits per heavy atom. The van der Waals surface area contributed by atoms with Crippen LogP contribution in [0.1, 0.15) is 48.6 Å². The van der Waals surface area contributed by atoms with Crippen molar-refractivity contribution in [2.45, 2.75) is 38.6 Å². The zero-order valence-electron chi connectivity index (χ0n) is 16.4. The summed E-state index contributed by atoms with van der Waals surface area (Å²) in [6.45, 7) is 1.70. The Hall–Kier alpha value is -3.15. The van der Waals surface area contributed by atoms with E-state index in [0.29, 0.717) is 18.6 Å². The summed E-state index contributed by atoms with van der Waals surface area (Å²) < 4.78 is 10.8. The van der Waals surface area contributed by atoms with Crippen LogP contribution < -0.4 is 0 Å². The molecule has 1 aliphatic heterocycles. The number of hydrogen-bond acceptors (Lipinski definition) is 5. The number of furan rings is 1. The Balaban J connectivity index is 1.45. The number of carbonyl (C=O) groups is 2. The first-order chi connectivity index (χ1) is 14.1. The molecule has 2 atom stereocenters. The van der Waals surface area contributed by atoms with Crippen molar-refractivity contribution in [3.8, 4) is 0 Å². The van der Waals surface area contributed by atoms with Crippen molar-refractivity contribution in [1.29, 1.82) is 0 Å². The monoisotopic (exact) mass is 392 g/mol. The fourth-order valence-corrected chi connectivity index (χ4v) is 3.71. The molecule has 1 amide bonds. The average molecular weight is 392 g/mol. The lowest BCUT2D eigenvalue weighted by Crippen LogP contribution is -2.31. The van der Waals surface area contributed by atoms with E-state index in [1.807, 2.05) is 43.3 Å². The Morgan fingerprint density at radius 3 is 2.76 bits per heavy atom. The molecule has 2 aliphatic rings. The van der Waals surface area contributed by atoms with Crippen LogP contribution in [-0.2, 0) is 14.3 Å². The van der Waals surface area contributed by atoms with Crippen molar-refractivity contribution in [1.82, 2.24) is 5.01 Å². The maximum atomic E-state index is 12.8. The fourth-order valence-electron chi connectivity index (χ4n) is 3.71. The third-order valence-corrected chi connectivity index (χ3v) is 5.32. The standard InChI is InChI=1S/C23H24N2O4/c1-16-8-10-18(11-9-16)19-14-20(21-7-4-12-28-21)25(24-19)22(26)15-29-23(27)13-17-5-2-3-6-17/h2,4-5,7-12,17,20H,3,6,13-15H2,1H3/t17-,20-/m1/s1. The van der Waals surface area contributed by atoms with E-state index in [2.05, 4.69) is 11.2 Å². The molecule has 4 rings (SSSR count). The van der Waals surface area contributed by atoms with Crippen molar-refractivity contribution in [3.63, 3.8) is 0 Å². The van der Waals surface area contributed by atoms with Gasteiger partial charge in [0.2, 0.25) is 0 Å². The Kier molecular flexibility index (Phi) is 5.60. The van der Waals surface area contributed by atoms with Crippen LogP contribution >= 0.6 is 0 Å². The van der Waals surface area contributed by atoms with Crippen LogP contribution in [0, 0.1) is 12.8 Å². The lowest BCUT2D eigenvalue weighted by Gasteiger charge is -2.19. The van der Waals surface area contributed by atoms with Gasteiger partial charge in [-0.2, -0.15) is 5.10 Å². The van der Waals surface area contributed by atoms with E-state index >= 15 is 0 Å². The molecule has 0 saturated carbocycles.